The van der Waals surface area contributed by atoms with Gasteiger partial charge in [-0.15, -0.1) is 0 Å². The second-order valence-corrected chi connectivity index (χ2v) is 31.7. The van der Waals surface area contributed by atoms with Gasteiger partial charge in [-0.2, -0.15) is 0 Å². The molecule has 1 rings (SSSR count). The zero-order valence-corrected chi connectivity index (χ0v) is 23.8. The first-order valence-electron chi connectivity index (χ1n) is 10.1. The highest BCUT2D eigenvalue weighted by atomic mass is 28.4. The Labute approximate surface area is 171 Å². The lowest BCUT2D eigenvalue weighted by Gasteiger charge is -2.43. The highest BCUT2D eigenvalue weighted by molar-refractivity contribution is 6.90. The highest BCUT2D eigenvalue weighted by Crippen LogP contribution is 2.25. The number of hydrazone groups is 2. The summed E-state index contributed by atoms with van der Waals surface area (Å²) in [4.78, 5) is 12.5. The predicted molar refractivity (Wildman–Crippen MR) is 131 cm³/mol. The van der Waals surface area contributed by atoms with Crippen molar-refractivity contribution >= 4 is 50.1 Å². The van der Waals surface area contributed by atoms with E-state index in [0.29, 0.717) is 12.8 Å². The molecule has 0 amide bonds. The summed E-state index contributed by atoms with van der Waals surface area (Å²) in [6.45, 7) is 28.1. The Morgan fingerprint density at radius 1 is 0.556 bits per heavy atom. The average Bonchev–Trinajstić information content (AvgIpc) is 2.36. The molecule has 0 N–H and O–H groups in total. The second-order valence-electron chi connectivity index (χ2n) is 11.7. The predicted octanol–water partition coefficient (Wildman–Crippen LogP) is 5.40. The van der Waals surface area contributed by atoms with Crippen molar-refractivity contribution in [3.63, 3.8) is 0 Å². The monoisotopic (exact) mass is 442 g/mol. The Morgan fingerprint density at radius 3 is 1.04 bits per heavy atom. The molecule has 1 aliphatic carbocycles. The van der Waals surface area contributed by atoms with Crippen molar-refractivity contribution in [1.82, 2.24) is 8.68 Å². The third-order valence-electron chi connectivity index (χ3n) is 4.24. The van der Waals surface area contributed by atoms with Crippen LogP contribution >= 0.6 is 0 Å². The molecule has 0 unspecified atom stereocenters. The molecule has 1 fully saturated rings. The summed E-state index contributed by atoms with van der Waals surface area (Å²) in [5, 5.41) is 10.2. The van der Waals surface area contributed by atoms with Crippen LogP contribution in [0.1, 0.15) is 19.3 Å². The zero-order chi connectivity index (χ0) is 21.4. The van der Waals surface area contributed by atoms with Gasteiger partial charge in [0.15, 0.2) is 32.9 Å². The van der Waals surface area contributed by atoms with Gasteiger partial charge >= 0.3 is 0 Å². The number of hydrogen-bond donors (Lipinski definition) is 0. The van der Waals surface area contributed by atoms with Crippen molar-refractivity contribution in [1.29, 1.82) is 0 Å². The van der Waals surface area contributed by atoms with Crippen LogP contribution in [0.15, 0.2) is 10.2 Å². The molecule has 0 aromatic heterocycles. The van der Waals surface area contributed by atoms with Crippen molar-refractivity contribution in [3.05, 3.63) is 0 Å². The summed E-state index contributed by atoms with van der Waals surface area (Å²) in [6, 6.07) is 0. The van der Waals surface area contributed by atoms with Crippen LogP contribution in [0, 0.1) is 0 Å². The third-order valence-corrected chi connectivity index (χ3v) is 17.8. The number of carbonyl (C=O) groups excluding carboxylic acids is 1. The van der Waals surface area contributed by atoms with Gasteiger partial charge in [-0.3, -0.25) is 4.79 Å². The summed E-state index contributed by atoms with van der Waals surface area (Å²) >= 11 is 0. The summed E-state index contributed by atoms with van der Waals surface area (Å²) in [6.07, 6.45) is 1.73. The van der Waals surface area contributed by atoms with Gasteiger partial charge in [-0.25, -0.2) is 10.2 Å². The lowest BCUT2D eigenvalue weighted by molar-refractivity contribution is -0.117. The summed E-state index contributed by atoms with van der Waals surface area (Å²) in [7, 11) is -6.33. The molecule has 0 spiro atoms. The van der Waals surface area contributed by atoms with E-state index < -0.39 is 32.9 Å². The topological polar surface area (TPSA) is 48.3 Å². The Bertz CT molecular complexity index is 539. The first kappa shape index (κ1) is 24.5. The molecule has 9 heteroatoms. The van der Waals surface area contributed by atoms with Crippen LogP contribution in [0.2, 0.25) is 78.6 Å². The number of rotatable bonds is 6. The maximum Gasteiger partial charge on any atom is 0.158 e. The number of nitrogens with zero attached hydrogens (tertiary/aromatic N) is 4. The van der Waals surface area contributed by atoms with E-state index in [4.69, 9.17) is 10.2 Å². The molecule has 0 saturated heterocycles. The molecule has 0 aromatic carbocycles. The van der Waals surface area contributed by atoms with E-state index in [2.05, 4.69) is 87.2 Å². The minimum Gasteiger partial charge on any atom is -0.350 e. The van der Waals surface area contributed by atoms with Crippen molar-refractivity contribution in [2.75, 3.05) is 0 Å². The molecule has 0 aromatic rings. The van der Waals surface area contributed by atoms with Gasteiger partial charge in [0.25, 0.3) is 0 Å². The number of carbonyl (C=O) groups is 1. The number of ketones is 1. The van der Waals surface area contributed by atoms with Crippen LogP contribution in [0.5, 0.6) is 0 Å². The summed E-state index contributed by atoms with van der Waals surface area (Å²) in [5.74, 6) is 0.260. The fraction of sp³-hybridized carbons (Fsp3) is 0.833. The second kappa shape index (κ2) is 8.08. The smallest absolute Gasteiger partial charge is 0.158 e. The van der Waals surface area contributed by atoms with Crippen LogP contribution in [0.4, 0.5) is 0 Å². The van der Waals surface area contributed by atoms with Crippen molar-refractivity contribution in [2.45, 2.75) is 97.8 Å². The Balaban J connectivity index is 3.28. The van der Waals surface area contributed by atoms with E-state index in [1.165, 1.54) is 0 Å². The van der Waals surface area contributed by atoms with Crippen LogP contribution < -0.4 is 0 Å². The van der Waals surface area contributed by atoms with Crippen LogP contribution in [-0.4, -0.2) is 58.8 Å². The van der Waals surface area contributed by atoms with Crippen molar-refractivity contribution in [2.24, 2.45) is 10.2 Å². The molecule has 5 nitrogen and oxygen atoms in total. The quantitative estimate of drug-likeness (QED) is 0.409. The summed E-state index contributed by atoms with van der Waals surface area (Å²) < 4.78 is 4.83. The van der Waals surface area contributed by atoms with E-state index in [9.17, 15) is 4.79 Å². The van der Waals surface area contributed by atoms with Gasteiger partial charge < -0.3 is 8.68 Å². The van der Waals surface area contributed by atoms with Crippen LogP contribution in [0.25, 0.3) is 0 Å². The molecule has 156 valence electrons. The molecule has 0 aliphatic heterocycles. The fourth-order valence-corrected chi connectivity index (χ4v) is 21.8. The third kappa shape index (κ3) is 7.43. The van der Waals surface area contributed by atoms with Gasteiger partial charge in [0.05, 0.1) is 0 Å². The van der Waals surface area contributed by atoms with Crippen LogP contribution in [0.3, 0.4) is 0 Å². The molecule has 0 radical (unpaired) electrons. The maximum absolute atomic E-state index is 12.5. The maximum atomic E-state index is 12.5. The first-order chi connectivity index (χ1) is 11.8. The summed E-state index contributed by atoms with van der Waals surface area (Å²) in [5.41, 5.74) is 2.03. The molecule has 27 heavy (non-hydrogen) atoms. The SMILES string of the molecule is C[Si](C)(C)N(/N=C1\CC(=O)C/C(=N/N([Si](C)(C)C)[Si](C)(C)C)C1)[Si](C)(C)C. The molecule has 0 atom stereocenters. The van der Waals surface area contributed by atoms with Gasteiger partial charge in [0.1, 0.15) is 5.78 Å². The van der Waals surface area contributed by atoms with E-state index >= 15 is 0 Å². The number of hydrogen-bond acceptors (Lipinski definition) is 5. The van der Waals surface area contributed by atoms with E-state index in [1.54, 1.807) is 0 Å². The first-order valence-corrected chi connectivity index (χ1v) is 23.9. The molecule has 0 heterocycles. The van der Waals surface area contributed by atoms with Gasteiger partial charge in [-0.05, 0) is 0 Å². The highest BCUT2D eigenvalue weighted by Gasteiger charge is 2.36. The average molecular weight is 443 g/mol. The minimum absolute atomic E-state index is 0.260. The molecule has 0 bridgehead atoms. The molecular weight excluding hydrogens is 401 g/mol. The van der Waals surface area contributed by atoms with Crippen molar-refractivity contribution < 1.29 is 4.79 Å². The number of Topliss-reactive ketones (excluding diaryl/α,β-unsaturated/α-hetero) is 1. The Hall–Kier alpha value is -0.522. The standard InChI is InChI=1S/C18H42N4OSi4/c1-24(2,3)21(25(4,5)6)19-16-13-17(15-18(23)14-16)20-22(26(7,8)9)27(10,11)12/h13-15H2,1-12H3/b19-16-,20-17+. The zero-order valence-electron chi connectivity index (χ0n) is 19.8. The normalized spacial score (nSPS) is 20.4. The molecular formula is C18H42N4OSi4. The van der Waals surface area contributed by atoms with Crippen molar-refractivity contribution in [3.8, 4) is 0 Å². The fourth-order valence-electron chi connectivity index (χ4n) is 3.91. The lowest BCUT2D eigenvalue weighted by atomic mass is 9.95. The minimum atomic E-state index is -1.58. The lowest BCUT2D eigenvalue weighted by Crippen LogP contribution is -2.57. The van der Waals surface area contributed by atoms with Gasteiger partial charge in [0, 0.05) is 30.7 Å². The van der Waals surface area contributed by atoms with Crippen LogP contribution in [-0.2, 0) is 4.79 Å². The van der Waals surface area contributed by atoms with Gasteiger partial charge in [0.2, 0.25) is 0 Å². The Kier molecular flexibility index (Phi) is 7.33. The molecule has 1 saturated carbocycles. The van der Waals surface area contributed by atoms with Gasteiger partial charge in [-0.1, -0.05) is 78.6 Å². The Morgan fingerprint density at radius 2 is 0.815 bits per heavy atom. The largest absolute Gasteiger partial charge is 0.350 e. The van der Waals surface area contributed by atoms with E-state index in [-0.39, 0.29) is 5.78 Å². The van der Waals surface area contributed by atoms with E-state index in [0.717, 1.165) is 17.8 Å². The van der Waals surface area contributed by atoms with E-state index in [1.807, 2.05) is 0 Å². The molecule has 1 aliphatic rings.